The predicted octanol–water partition coefficient (Wildman–Crippen LogP) is 3.72. The molecule has 3 rings (SSSR count). The molecule has 0 unspecified atom stereocenters. The first-order valence-electron chi connectivity index (χ1n) is 9.39. The van der Waals surface area contributed by atoms with Crippen LogP contribution in [0, 0.1) is 0 Å². The van der Waals surface area contributed by atoms with E-state index in [-0.39, 0.29) is 24.4 Å². The van der Waals surface area contributed by atoms with Crippen molar-refractivity contribution in [3.05, 3.63) is 30.1 Å². The average molecular weight is 454 g/mol. The molecule has 0 N–H and O–H groups in total. The number of hydrogen-bond acceptors (Lipinski definition) is 7. The topological polar surface area (TPSA) is 72.7 Å². The monoisotopic (exact) mass is 453 g/mol. The Balaban J connectivity index is 0.00000320. The number of rotatable bonds is 8. The van der Waals surface area contributed by atoms with Crippen molar-refractivity contribution >= 4 is 45.0 Å². The quantitative estimate of drug-likeness (QED) is 0.517. The summed E-state index contributed by atoms with van der Waals surface area (Å²) in [7, 11) is 7.18. The van der Waals surface area contributed by atoms with Crippen molar-refractivity contribution in [1.29, 1.82) is 0 Å². The molecule has 164 valence electrons. The summed E-state index contributed by atoms with van der Waals surface area (Å²) in [5.41, 5.74) is 1.23. The van der Waals surface area contributed by atoms with Crippen LogP contribution < -0.4 is 14.4 Å². The summed E-state index contributed by atoms with van der Waals surface area (Å²) in [6, 6.07) is 5.50. The highest BCUT2D eigenvalue weighted by molar-refractivity contribution is 7.22. The van der Waals surface area contributed by atoms with Crippen molar-refractivity contribution in [1.82, 2.24) is 19.7 Å². The van der Waals surface area contributed by atoms with Gasteiger partial charge in [0, 0.05) is 25.3 Å². The summed E-state index contributed by atoms with van der Waals surface area (Å²) >= 11 is 1.42. The number of methoxy groups -OCH3 is 2. The van der Waals surface area contributed by atoms with E-state index in [4.69, 9.17) is 14.5 Å². The molecule has 0 aliphatic heterocycles. The maximum absolute atomic E-state index is 13.5. The van der Waals surface area contributed by atoms with Crippen LogP contribution in [0.1, 0.15) is 30.4 Å². The number of benzene rings is 1. The van der Waals surface area contributed by atoms with E-state index in [0.717, 1.165) is 4.70 Å². The lowest BCUT2D eigenvalue weighted by Gasteiger charge is -2.22. The number of likely N-dealkylation sites (N-methyl/N-ethyl adjacent to an activating group) is 1. The first kappa shape index (κ1) is 23.9. The van der Waals surface area contributed by atoms with E-state index in [1.807, 2.05) is 45.0 Å². The minimum atomic E-state index is -0.130. The first-order chi connectivity index (χ1) is 13.9. The molecule has 0 radical (unpaired) electrons. The summed E-state index contributed by atoms with van der Waals surface area (Å²) < 4.78 is 13.5. The lowest BCUT2D eigenvalue weighted by Crippen LogP contribution is -2.38. The van der Waals surface area contributed by atoms with Gasteiger partial charge in [0.1, 0.15) is 27.4 Å². The second kappa shape index (κ2) is 10.1. The number of halogens is 1. The van der Waals surface area contributed by atoms with E-state index in [0.29, 0.717) is 40.9 Å². The number of fused-ring (bicyclic) bond motifs is 1. The lowest BCUT2D eigenvalue weighted by molar-refractivity contribution is 0.0973. The Morgan fingerprint density at radius 3 is 2.40 bits per heavy atom. The summed E-state index contributed by atoms with van der Waals surface area (Å²) in [4.78, 5) is 22.0. The van der Waals surface area contributed by atoms with E-state index in [9.17, 15) is 4.79 Å². The Labute approximate surface area is 186 Å². The maximum Gasteiger partial charge on any atom is 0.278 e. The van der Waals surface area contributed by atoms with Crippen molar-refractivity contribution < 1.29 is 14.3 Å². The van der Waals surface area contributed by atoms with Crippen molar-refractivity contribution in [2.75, 3.05) is 46.3 Å². The van der Waals surface area contributed by atoms with Gasteiger partial charge in [0.2, 0.25) is 0 Å². The molecular weight excluding hydrogens is 426 g/mol. The van der Waals surface area contributed by atoms with Crippen LogP contribution in [0.2, 0.25) is 0 Å². The molecule has 2 aromatic heterocycles. The zero-order chi connectivity index (χ0) is 21.1. The minimum Gasteiger partial charge on any atom is -0.495 e. The molecule has 10 heteroatoms. The number of anilines is 1. The molecular formula is C20H28ClN5O3S. The van der Waals surface area contributed by atoms with Gasteiger partial charge >= 0.3 is 0 Å². The number of ether oxygens (including phenoxy) is 2. The maximum atomic E-state index is 13.5. The van der Waals surface area contributed by atoms with Crippen molar-refractivity contribution in [2.24, 2.45) is 0 Å². The average Bonchev–Trinajstić information content (AvgIpc) is 3.34. The Kier molecular flexibility index (Phi) is 8.05. The third-order valence-corrected chi connectivity index (χ3v) is 5.62. The lowest BCUT2D eigenvalue weighted by atomic mass is 10.3. The molecule has 0 spiro atoms. The van der Waals surface area contributed by atoms with Gasteiger partial charge in [-0.25, -0.2) is 4.98 Å². The fourth-order valence-corrected chi connectivity index (χ4v) is 4.11. The van der Waals surface area contributed by atoms with E-state index < -0.39 is 0 Å². The smallest absolute Gasteiger partial charge is 0.278 e. The highest BCUT2D eigenvalue weighted by Gasteiger charge is 2.26. The van der Waals surface area contributed by atoms with E-state index in [2.05, 4.69) is 5.10 Å². The molecule has 30 heavy (non-hydrogen) atoms. The third-order valence-electron chi connectivity index (χ3n) is 4.52. The summed E-state index contributed by atoms with van der Waals surface area (Å²) in [5, 5.41) is 4.91. The van der Waals surface area contributed by atoms with Crippen LogP contribution in [0.4, 0.5) is 5.13 Å². The van der Waals surface area contributed by atoms with Gasteiger partial charge in [-0.05, 0) is 46.1 Å². The van der Waals surface area contributed by atoms with Crippen LogP contribution in [0.5, 0.6) is 11.5 Å². The Morgan fingerprint density at radius 2 is 1.80 bits per heavy atom. The molecule has 2 heterocycles. The summed E-state index contributed by atoms with van der Waals surface area (Å²) in [6.45, 7) is 5.20. The molecule has 0 aliphatic rings. The highest BCUT2D eigenvalue weighted by Crippen LogP contribution is 2.40. The van der Waals surface area contributed by atoms with Gasteiger partial charge in [-0.15, -0.1) is 12.4 Å². The van der Waals surface area contributed by atoms with Crippen LogP contribution >= 0.6 is 23.7 Å². The van der Waals surface area contributed by atoms with Crippen molar-refractivity contribution in [2.45, 2.75) is 19.9 Å². The zero-order valence-corrected chi connectivity index (χ0v) is 19.7. The van der Waals surface area contributed by atoms with E-state index >= 15 is 0 Å². The number of carbonyl (C=O) groups is 1. The van der Waals surface area contributed by atoms with Gasteiger partial charge in [0.05, 0.1) is 14.2 Å². The highest BCUT2D eigenvalue weighted by atomic mass is 35.5. The molecule has 1 amide bonds. The second-order valence-electron chi connectivity index (χ2n) is 7.16. The first-order valence-corrected chi connectivity index (χ1v) is 10.2. The van der Waals surface area contributed by atoms with Gasteiger partial charge < -0.3 is 14.4 Å². The fourth-order valence-electron chi connectivity index (χ4n) is 3.01. The molecule has 3 aromatic rings. The van der Waals surface area contributed by atoms with Crippen molar-refractivity contribution in [3.63, 3.8) is 0 Å². The van der Waals surface area contributed by atoms with Crippen molar-refractivity contribution in [3.8, 4) is 11.5 Å². The molecule has 0 bridgehead atoms. The number of aromatic nitrogens is 3. The third kappa shape index (κ3) is 4.69. The molecule has 8 nitrogen and oxygen atoms in total. The molecule has 0 saturated heterocycles. The minimum absolute atomic E-state index is 0. The van der Waals surface area contributed by atoms with E-state index in [1.54, 1.807) is 36.1 Å². The Morgan fingerprint density at radius 1 is 1.13 bits per heavy atom. The molecule has 0 atom stereocenters. The molecule has 0 fully saturated rings. The number of nitrogens with zero attached hydrogens (tertiary/aromatic N) is 5. The van der Waals surface area contributed by atoms with Gasteiger partial charge in [-0.2, -0.15) is 5.10 Å². The summed E-state index contributed by atoms with van der Waals surface area (Å²) in [5.74, 6) is 1.22. The predicted molar refractivity (Wildman–Crippen MR) is 123 cm³/mol. The van der Waals surface area contributed by atoms with Gasteiger partial charge in [0.25, 0.3) is 5.91 Å². The van der Waals surface area contributed by atoms with Crippen LogP contribution in [-0.4, -0.2) is 67.0 Å². The van der Waals surface area contributed by atoms with Gasteiger partial charge in [-0.1, -0.05) is 11.3 Å². The largest absolute Gasteiger partial charge is 0.495 e. The van der Waals surface area contributed by atoms with Crippen LogP contribution in [0.15, 0.2) is 24.4 Å². The summed E-state index contributed by atoms with van der Waals surface area (Å²) in [6.07, 6.45) is 1.65. The number of amides is 1. The number of thiazole rings is 1. The zero-order valence-electron chi connectivity index (χ0n) is 18.1. The SMILES string of the molecule is COc1ccc(OC)c2sc(N(CCN(C)C)C(=O)c3ccnn3C(C)C)nc12.Cl. The second-order valence-corrected chi connectivity index (χ2v) is 8.14. The van der Waals surface area contributed by atoms with Gasteiger partial charge in [0.15, 0.2) is 5.13 Å². The molecule has 1 aromatic carbocycles. The fraction of sp³-hybridized carbons (Fsp3) is 0.450. The van der Waals surface area contributed by atoms with Gasteiger partial charge in [-0.3, -0.25) is 14.4 Å². The van der Waals surface area contributed by atoms with E-state index in [1.165, 1.54) is 11.3 Å². The molecule has 0 saturated carbocycles. The van der Waals surface area contributed by atoms with Crippen LogP contribution in [0.25, 0.3) is 10.2 Å². The Bertz CT molecular complexity index is 961. The van der Waals surface area contributed by atoms with Crippen LogP contribution in [-0.2, 0) is 0 Å². The number of carbonyl (C=O) groups excluding carboxylic acids is 1. The van der Waals surface area contributed by atoms with Crippen LogP contribution in [0.3, 0.4) is 0 Å². The Hall–Kier alpha value is -2.36. The standard InChI is InChI=1S/C20H27N5O3S.ClH/c1-13(2)25-14(9-10-21-25)19(26)24(12-11-23(3)4)20-22-17-15(27-5)7-8-16(28-6)18(17)29-20;/h7-10,13H,11-12H2,1-6H3;1H. The number of hydrogen-bond donors (Lipinski definition) is 0. The normalized spacial score (nSPS) is 11.1. The molecule has 0 aliphatic carbocycles.